The number of alkyl halides is 1. The molecule has 0 bridgehead atoms. The molecule has 0 heterocycles. The predicted molar refractivity (Wildman–Crippen MR) is 69.2 cm³/mol. The number of amides is 1. The maximum atomic E-state index is 11.9. The Balaban J connectivity index is 2.77. The Bertz CT molecular complexity index is 352. The second kappa shape index (κ2) is 6.54. The van der Waals surface area contributed by atoms with Crippen molar-refractivity contribution in [2.24, 2.45) is 0 Å². The van der Waals surface area contributed by atoms with Gasteiger partial charge in [-0.05, 0) is 38.0 Å². The number of benzene rings is 1. The molecule has 0 radical (unpaired) electrons. The van der Waals surface area contributed by atoms with Crippen molar-refractivity contribution < 1.29 is 4.79 Å². The third kappa shape index (κ3) is 3.53. The van der Waals surface area contributed by atoms with Crippen LogP contribution in [0.15, 0.2) is 24.3 Å². The summed E-state index contributed by atoms with van der Waals surface area (Å²) >= 11 is 5.59. The zero-order valence-electron chi connectivity index (χ0n) is 9.87. The van der Waals surface area contributed by atoms with Crippen molar-refractivity contribution in [3.05, 3.63) is 29.8 Å². The summed E-state index contributed by atoms with van der Waals surface area (Å²) in [6, 6.07) is 8.00. The minimum absolute atomic E-state index is 0.147. The van der Waals surface area contributed by atoms with Crippen molar-refractivity contribution in [3.63, 3.8) is 0 Å². The molecule has 0 saturated heterocycles. The van der Waals surface area contributed by atoms with Crippen molar-refractivity contribution in [2.45, 2.75) is 26.7 Å². The smallest absolute Gasteiger partial charge is 0.227 e. The van der Waals surface area contributed by atoms with Crippen LogP contribution in [-0.2, 0) is 4.79 Å². The van der Waals surface area contributed by atoms with Gasteiger partial charge in [-0.2, -0.15) is 0 Å². The molecule has 3 heteroatoms. The second-order valence-electron chi connectivity index (χ2n) is 3.77. The van der Waals surface area contributed by atoms with E-state index < -0.39 is 0 Å². The van der Waals surface area contributed by atoms with E-state index in [9.17, 15) is 4.79 Å². The number of carbonyl (C=O) groups excluding carboxylic acids is 1. The van der Waals surface area contributed by atoms with Crippen molar-refractivity contribution in [3.8, 4) is 0 Å². The summed E-state index contributed by atoms with van der Waals surface area (Å²) in [4.78, 5) is 13.7. The molecule has 0 aliphatic carbocycles. The summed E-state index contributed by atoms with van der Waals surface area (Å²) in [5, 5.41) is 0. The standard InChI is InChI=1S/C13H18ClNO/c1-3-15(13(16)8-5-9-14)12-7-4-6-11(2)10-12/h4,6-7,10H,3,5,8-9H2,1-2H3. The monoisotopic (exact) mass is 239 g/mol. The zero-order chi connectivity index (χ0) is 12.0. The Morgan fingerprint density at radius 3 is 2.75 bits per heavy atom. The number of hydrogen-bond acceptors (Lipinski definition) is 1. The molecule has 0 N–H and O–H groups in total. The highest BCUT2D eigenvalue weighted by atomic mass is 35.5. The lowest BCUT2D eigenvalue weighted by atomic mass is 10.2. The molecule has 0 fully saturated rings. The van der Waals surface area contributed by atoms with Crippen LogP contribution in [0.4, 0.5) is 5.69 Å². The van der Waals surface area contributed by atoms with Crippen molar-refractivity contribution in [1.29, 1.82) is 0 Å². The molecule has 0 atom stereocenters. The topological polar surface area (TPSA) is 20.3 Å². The second-order valence-corrected chi connectivity index (χ2v) is 4.15. The number of halogens is 1. The minimum atomic E-state index is 0.147. The Morgan fingerprint density at radius 1 is 1.44 bits per heavy atom. The molecule has 1 aromatic carbocycles. The number of carbonyl (C=O) groups is 1. The van der Waals surface area contributed by atoms with Gasteiger partial charge in [0, 0.05) is 24.5 Å². The van der Waals surface area contributed by atoms with Gasteiger partial charge in [0.15, 0.2) is 0 Å². The maximum Gasteiger partial charge on any atom is 0.227 e. The molecule has 0 unspecified atom stereocenters. The van der Waals surface area contributed by atoms with Crippen molar-refractivity contribution in [2.75, 3.05) is 17.3 Å². The average Bonchev–Trinajstić information content (AvgIpc) is 2.27. The first-order chi connectivity index (χ1) is 7.69. The molecular weight excluding hydrogens is 222 g/mol. The summed E-state index contributed by atoms with van der Waals surface area (Å²) in [6.45, 7) is 4.71. The van der Waals surface area contributed by atoms with Gasteiger partial charge >= 0.3 is 0 Å². The summed E-state index contributed by atoms with van der Waals surface area (Å²) in [5.74, 6) is 0.686. The number of aryl methyl sites for hydroxylation is 1. The van der Waals surface area contributed by atoms with Crippen LogP contribution in [0.3, 0.4) is 0 Å². The van der Waals surface area contributed by atoms with E-state index in [0.29, 0.717) is 18.8 Å². The Labute approximate surface area is 102 Å². The third-order valence-electron chi connectivity index (χ3n) is 2.45. The fourth-order valence-corrected chi connectivity index (χ4v) is 1.79. The van der Waals surface area contributed by atoms with E-state index in [0.717, 1.165) is 12.1 Å². The van der Waals surface area contributed by atoms with Gasteiger partial charge in [0.2, 0.25) is 5.91 Å². The van der Waals surface area contributed by atoms with Gasteiger partial charge in [-0.25, -0.2) is 0 Å². The summed E-state index contributed by atoms with van der Waals surface area (Å²) < 4.78 is 0. The SMILES string of the molecule is CCN(C(=O)CCCCl)c1cccc(C)c1. The van der Waals surface area contributed by atoms with Crippen LogP contribution < -0.4 is 4.90 Å². The molecular formula is C13H18ClNO. The van der Waals surface area contributed by atoms with E-state index in [2.05, 4.69) is 0 Å². The molecule has 1 aromatic rings. The van der Waals surface area contributed by atoms with Crippen LogP contribution >= 0.6 is 11.6 Å². The number of rotatable bonds is 5. The molecule has 0 aliphatic rings. The first-order valence-electron chi connectivity index (χ1n) is 5.62. The quantitative estimate of drug-likeness (QED) is 0.722. The normalized spacial score (nSPS) is 10.2. The van der Waals surface area contributed by atoms with Crippen LogP contribution in [0.2, 0.25) is 0 Å². The molecule has 2 nitrogen and oxygen atoms in total. The number of nitrogens with zero attached hydrogens (tertiary/aromatic N) is 1. The molecule has 0 saturated carbocycles. The first-order valence-corrected chi connectivity index (χ1v) is 6.15. The Morgan fingerprint density at radius 2 is 2.19 bits per heavy atom. The highest BCUT2D eigenvalue weighted by Crippen LogP contribution is 2.17. The van der Waals surface area contributed by atoms with Crippen LogP contribution in [0.5, 0.6) is 0 Å². The lowest BCUT2D eigenvalue weighted by Gasteiger charge is -2.21. The molecule has 0 spiro atoms. The lowest BCUT2D eigenvalue weighted by molar-refractivity contribution is -0.118. The van der Waals surface area contributed by atoms with Crippen LogP contribution in [0.1, 0.15) is 25.3 Å². The van der Waals surface area contributed by atoms with E-state index in [1.807, 2.05) is 38.1 Å². The lowest BCUT2D eigenvalue weighted by Crippen LogP contribution is -2.30. The average molecular weight is 240 g/mol. The maximum absolute atomic E-state index is 11.9. The Kier molecular flexibility index (Phi) is 5.33. The van der Waals surface area contributed by atoms with Gasteiger partial charge in [0.25, 0.3) is 0 Å². The highest BCUT2D eigenvalue weighted by molar-refractivity contribution is 6.18. The van der Waals surface area contributed by atoms with Crippen molar-refractivity contribution >= 4 is 23.2 Å². The molecule has 1 amide bonds. The first kappa shape index (κ1) is 13.0. The van der Waals surface area contributed by atoms with Gasteiger partial charge in [0.05, 0.1) is 0 Å². The predicted octanol–water partition coefficient (Wildman–Crippen LogP) is 3.37. The fourth-order valence-electron chi connectivity index (χ4n) is 1.65. The molecule has 1 rings (SSSR count). The van der Waals surface area contributed by atoms with E-state index >= 15 is 0 Å². The van der Waals surface area contributed by atoms with Gasteiger partial charge in [-0.1, -0.05) is 12.1 Å². The van der Waals surface area contributed by atoms with E-state index in [-0.39, 0.29) is 5.91 Å². The van der Waals surface area contributed by atoms with Gasteiger partial charge in [0.1, 0.15) is 0 Å². The van der Waals surface area contributed by atoms with Crippen LogP contribution in [0.25, 0.3) is 0 Å². The summed E-state index contributed by atoms with van der Waals surface area (Å²) in [6.07, 6.45) is 1.26. The molecule has 0 aliphatic heterocycles. The fraction of sp³-hybridized carbons (Fsp3) is 0.462. The van der Waals surface area contributed by atoms with Crippen LogP contribution in [-0.4, -0.2) is 18.3 Å². The molecule has 16 heavy (non-hydrogen) atoms. The largest absolute Gasteiger partial charge is 0.313 e. The van der Waals surface area contributed by atoms with Gasteiger partial charge in [-0.3, -0.25) is 4.79 Å². The zero-order valence-corrected chi connectivity index (χ0v) is 10.6. The highest BCUT2D eigenvalue weighted by Gasteiger charge is 2.12. The van der Waals surface area contributed by atoms with Gasteiger partial charge in [-0.15, -0.1) is 11.6 Å². The van der Waals surface area contributed by atoms with Crippen molar-refractivity contribution in [1.82, 2.24) is 0 Å². The third-order valence-corrected chi connectivity index (χ3v) is 2.72. The molecule has 0 aromatic heterocycles. The molecule has 88 valence electrons. The van der Waals surface area contributed by atoms with Crippen LogP contribution in [0, 0.1) is 6.92 Å². The Hall–Kier alpha value is -1.02. The number of anilines is 1. The van der Waals surface area contributed by atoms with E-state index in [1.165, 1.54) is 5.56 Å². The van der Waals surface area contributed by atoms with Gasteiger partial charge < -0.3 is 4.90 Å². The minimum Gasteiger partial charge on any atom is -0.313 e. The van der Waals surface area contributed by atoms with E-state index in [1.54, 1.807) is 4.90 Å². The van der Waals surface area contributed by atoms with E-state index in [4.69, 9.17) is 11.6 Å². The summed E-state index contributed by atoms with van der Waals surface area (Å²) in [5.41, 5.74) is 2.14. The summed E-state index contributed by atoms with van der Waals surface area (Å²) in [7, 11) is 0. The number of hydrogen-bond donors (Lipinski definition) is 0.